The molecule has 4 rings (SSSR count). The molecular formula is C25H32N4O3. The molecule has 2 aromatic rings. The molecule has 2 aliphatic heterocycles. The van der Waals surface area contributed by atoms with Crippen LogP contribution in [0.2, 0.25) is 0 Å². The Bertz CT molecular complexity index is 882. The summed E-state index contributed by atoms with van der Waals surface area (Å²) in [6, 6.07) is 11.7. The Hall–Kier alpha value is -2.77. The highest BCUT2D eigenvalue weighted by Gasteiger charge is 2.29. The van der Waals surface area contributed by atoms with E-state index in [1.54, 1.807) is 17.3 Å². The van der Waals surface area contributed by atoms with Gasteiger partial charge in [0, 0.05) is 32.0 Å². The van der Waals surface area contributed by atoms with Crippen LogP contribution in [0.25, 0.3) is 0 Å². The van der Waals surface area contributed by atoms with Crippen molar-refractivity contribution in [2.45, 2.75) is 51.4 Å². The molecule has 1 atom stereocenters. The summed E-state index contributed by atoms with van der Waals surface area (Å²) in [6.07, 6.45) is 7.59. The van der Waals surface area contributed by atoms with Crippen LogP contribution in [-0.2, 0) is 34.0 Å². The van der Waals surface area contributed by atoms with Crippen molar-refractivity contribution in [3.05, 3.63) is 65.5 Å². The van der Waals surface area contributed by atoms with Crippen molar-refractivity contribution in [3.63, 3.8) is 0 Å². The average molecular weight is 437 g/mol. The van der Waals surface area contributed by atoms with Gasteiger partial charge in [-0.1, -0.05) is 30.3 Å². The molecule has 0 spiro atoms. The number of benzene rings is 1. The van der Waals surface area contributed by atoms with Crippen molar-refractivity contribution in [1.29, 1.82) is 0 Å². The lowest BCUT2D eigenvalue weighted by atomic mass is 10.0. The van der Waals surface area contributed by atoms with E-state index in [0.29, 0.717) is 26.1 Å². The Labute approximate surface area is 189 Å². The van der Waals surface area contributed by atoms with E-state index in [1.807, 2.05) is 12.1 Å². The SMILES string of the molecule is O=C(COCc1ccc(CN2CCCC2)cc1)NC1CCCN(Cc2cccnc2)C1=O. The van der Waals surface area contributed by atoms with Gasteiger partial charge in [-0.05, 0) is 61.5 Å². The minimum absolute atomic E-state index is 0.0398. The van der Waals surface area contributed by atoms with E-state index in [-0.39, 0.29) is 18.4 Å². The van der Waals surface area contributed by atoms with Gasteiger partial charge in [-0.15, -0.1) is 0 Å². The molecule has 3 heterocycles. The Kier molecular flexibility index (Phi) is 7.85. The van der Waals surface area contributed by atoms with Gasteiger partial charge in [-0.2, -0.15) is 0 Å². The molecule has 0 saturated carbocycles. The maximum atomic E-state index is 12.8. The van der Waals surface area contributed by atoms with Crippen molar-refractivity contribution in [2.24, 2.45) is 0 Å². The predicted octanol–water partition coefficient (Wildman–Crippen LogP) is 2.50. The number of amides is 2. The van der Waals surface area contributed by atoms with Gasteiger partial charge in [0.15, 0.2) is 0 Å². The van der Waals surface area contributed by atoms with Gasteiger partial charge in [0.1, 0.15) is 12.6 Å². The number of carbonyl (C=O) groups excluding carboxylic acids is 2. The standard InChI is InChI=1S/C25H32N4O3/c30-24(19-32-18-21-9-7-20(8-10-21)16-28-12-1-2-13-28)27-23-6-4-14-29(25(23)31)17-22-5-3-11-26-15-22/h3,5,7-11,15,23H,1-2,4,6,12-14,16-19H2,(H,27,30). The van der Waals surface area contributed by atoms with E-state index in [4.69, 9.17) is 4.74 Å². The van der Waals surface area contributed by atoms with Crippen LogP contribution >= 0.6 is 0 Å². The van der Waals surface area contributed by atoms with Crippen LogP contribution < -0.4 is 5.32 Å². The summed E-state index contributed by atoms with van der Waals surface area (Å²) < 4.78 is 5.60. The summed E-state index contributed by atoms with van der Waals surface area (Å²) in [5.74, 6) is -0.292. The number of pyridine rings is 1. The second-order valence-electron chi connectivity index (χ2n) is 8.68. The lowest BCUT2D eigenvalue weighted by molar-refractivity contribution is -0.140. The first-order valence-electron chi connectivity index (χ1n) is 11.5. The van der Waals surface area contributed by atoms with Crippen LogP contribution in [0.5, 0.6) is 0 Å². The maximum absolute atomic E-state index is 12.8. The zero-order valence-corrected chi connectivity index (χ0v) is 18.5. The number of likely N-dealkylation sites (tertiary alicyclic amines) is 2. The lowest BCUT2D eigenvalue weighted by Crippen LogP contribution is -2.52. The quantitative estimate of drug-likeness (QED) is 0.654. The van der Waals surface area contributed by atoms with E-state index in [9.17, 15) is 9.59 Å². The minimum Gasteiger partial charge on any atom is -0.367 e. The number of rotatable bonds is 9. The summed E-state index contributed by atoms with van der Waals surface area (Å²) in [5, 5.41) is 2.84. The molecule has 170 valence electrons. The van der Waals surface area contributed by atoms with E-state index < -0.39 is 6.04 Å². The molecule has 32 heavy (non-hydrogen) atoms. The number of hydrogen-bond acceptors (Lipinski definition) is 5. The molecule has 0 radical (unpaired) electrons. The van der Waals surface area contributed by atoms with Crippen LogP contribution in [0.3, 0.4) is 0 Å². The van der Waals surface area contributed by atoms with Crippen molar-refractivity contribution >= 4 is 11.8 Å². The van der Waals surface area contributed by atoms with Gasteiger partial charge in [0.2, 0.25) is 11.8 Å². The number of hydrogen-bond donors (Lipinski definition) is 1. The summed E-state index contributed by atoms with van der Waals surface area (Å²) in [5.41, 5.74) is 3.34. The van der Waals surface area contributed by atoms with Crippen LogP contribution in [0.1, 0.15) is 42.4 Å². The molecule has 1 N–H and O–H groups in total. The molecular weight excluding hydrogens is 404 g/mol. The Morgan fingerprint density at radius 3 is 2.53 bits per heavy atom. The smallest absolute Gasteiger partial charge is 0.246 e. The third-order valence-electron chi connectivity index (χ3n) is 6.09. The van der Waals surface area contributed by atoms with Gasteiger partial charge < -0.3 is 15.0 Å². The fraction of sp³-hybridized carbons (Fsp3) is 0.480. The monoisotopic (exact) mass is 436 g/mol. The molecule has 2 aliphatic rings. The largest absolute Gasteiger partial charge is 0.367 e. The number of nitrogens with one attached hydrogen (secondary N) is 1. The zero-order chi connectivity index (χ0) is 22.2. The number of ether oxygens (including phenoxy) is 1. The number of nitrogens with zero attached hydrogens (tertiary/aromatic N) is 3. The van der Waals surface area contributed by atoms with E-state index in [1.165, 1.54) is 31.5 Å². The van der Waals surface area contributed by atoms with Crippen LogP contribution in [0.15, 0.2) is 48.8 Å². The normalized spacial score (nSPS) is 19.3. The van der Waals surface area contributed by atoms with Crippen molar-refractivity contribution in [1.82, 2.24) is 20.1 Å². The summed E-state index contributed by atoms with van der Waals surface area (Å²) in [6.45, 7) is 4.91. The Balaban J connectivity index is 1.18. The third kappa shape index (κ3) is 6.37. The third-order valence-corrected chi connectivity index (χ3v) is 6.09. The first kappa shape index (κ1) is 22.4. The second kappa shape index (κ2) is 11.2. The molecule has 2 saturated heterocycles. The van der Waals surface area contributed by atoms with Gasteiger partial charge >= 0.3 is 0 Å². The van der Waals surface area contributed by atoms with E-state index >= 15 is 0 Å². The molecule has 1 aromatic heterocycles. The molecule has 1 unspecified atom stereocenters. The predicted molar refractivity (Wildman–Crippen MR) is 121 cm³/mol. The molecule has 0 bridgehead atoms. The first-order chi connectivity index (χ1) is 15.7. The summed E-state index contributed by atoms with van der Waals surface area (Å²) in [4.78, 5) is 33.5. The molecule has 0 aliphatic carbocycles. The summed E-state index contributed by atoms with van der Waals surface area (Å²) >= 11 is 0. The molecule has 7 nitrogen and oxygen atoms in total. The molecule has 2 fully saturated rings. The van der Waals surface area contributed by atoms with E-state index in [2.05, 4.69) is 39.5 Å². The fourth-order valence-corrected chi connectivity index (χ4v) is 4.38. The summed E-state index contributed by atoms with van der Waals surface area (Å²) in [7, 11) is 0. The highest BCUT2D eigenvalue weighted by atomic mass is 16.5. The first-order valence-corrected chi connectivity index (χ1v) is 11.5. The van der Waals surface area contributed by atoms with Gasteiger partial charge in [0.05, 0.1) is 6.61 Å². The average Bonchev–Trinajstić information content (AvgIpc) is 3.31. The lowest BCUT2D eigenvalue weighted by Gasteiger charge is -2.32. The van der Waals surface area contributed by atoms with Gasteiger partial charge in [-0.25, -0.2) is 0 Å². The Morgan fingerprint density at radius 2 is 1.78 bits per heavy atom. The fourth-order valence-electron chi connectivity index (χ4n) is 4.38. The highest BCUT2D eigenvalue weighted by molar-refractivity contribution is 5.88. The zero-order valence-electron chi connectivity index (χ0n) is 18.5. The van der Waals surface area contributed by atoms with Gasteiger partial charge in [0.25, 0.3) is 0 Å². The van der Waals surface area contributed by atoms with Crippen LogP contribution in [0.4, 0.5) is 0 Å². The van der Waals surface area contributed by atoms with Crippen LogP contribution in [0, 0.1) is 0 Å². The molecule has 1 aromatic carbocycles. The second-order valence-corrected chi connectivity index (χ2v) is 8.68. The van der Waals surface area contributed by atoms with Crippen molar-refractivity contribution in [3.8, 4) is 0 Å². The minimum atomic E-state index is -0.485. The van der Waals surface area contributed by atoms with Gasteiger partial charge in [-0.3, -0.25) is 19.5 Å². The highest BCUT2D eigenvalue weighted by Crippen LogP contribution is 2.16. The maximum Gasteiger partial charge on any atom is 0.246 e. The molecule has 2 amide bonds. The molecule has 7 heteroatoms. The topological polar surface area (TPSA) is 74.8 Å². The van der Waals surface area contributed by atoms with Crippen molar-refractivity contribution < 1.29 is 14.3 Å². The van der Waals surface area contributed by atoms with Crippen molar-refractivity contribution in [2.75, 3.05) is 26.2 Å². The number of carbonyl (C=O) groups is 2. The number of piperidine rings is 1. The number of aromatic nitrogens is 1. The van der Waals surface area contributed by atoms with E-state index in [0.717, 1.165) is 24.1 Å². The Morgan fingerprint density at radius 1 is 1.00 bits per heavy atom. The van der Waals surface area contributed by atoms with Crippen LogP contribution in [-0.4, -0.2) is 58.9 Å².